The van der Waals surface area contributed by atoms with Gasteiger partial charge in [0.1, 0.15) is 5.82 Å². The summed E-state index contributed by atoms with van der Waals surface area (Å²) in [5, 5.41) is 4.39. The average Bonchev–Trinajstić information content (AvgIpc) is 2.79. The third-order valence-corrected chi connectivity index (χ3v) is 3.03. The minimum absolute atomic E-state index is 0.0894. The highest BCUT2D eigenvalue weighted by atomic mass is 19.1. The van der Waals surface area contributed by atoms with Gasteiger partial charge in [-0.25, -0.2) is 4.39 Å². The van der Waals surface area contributed by atoms with E-state index < -0.39 is 0 Å². The van der Waals surface area contributed by atoms with E-state index in [0.717, 1.165) is 29.8 Å². The number of rotatable bonds is 3. The molecule has 0 aliphatic rings. The predicted molar refractivity (Wildman–Crippen MR) is 76.5 cm³/mol. The molecular formula is C16H21FN2. The number of hydrogen-bond acceptors (Lipinski definition) is 1. The molecule has 2 rings (SSSR count). The van der Waals surface area contributed by atoms with Gasteiger partial charge in [-0.2, -0.15) is 5.10 Å². The van der Waals surface area contributed by atoms with Crippen molar-refractivity contribution in [1.82, 2.24) is 9.78 Å². The summed E-state index contributed by atoms with van der Waals surface area (Å²) in [5.74, 6) is -0.140. The quantitative estimate of drug-likeness (QED) is 0.804. The van der Waals surface area contributed by atoms with Gasteiger partial charge in [-0.3, -0.25) is 4.68 Å². The van der Waals surface area contributed by atoms with Gasteiger partial charge in [-0.05, 0) is 36.5 Å². The first-order valence-corrected chi connectivity index (χ1v) is 6.71. The van der Waals surface area contributed by atoms with E-state index in [1.807, 2.05) is 36.0 Å². The third kappa shape index (κ3) is 3.43. The summed E-state index contributed by atoms with van der Waals surface area (Å²) in [6, 6.07) is 7.33. The van der Waals surface area contributed by atoms with Crippen LogP contribution >= 0.6 is 0 Å². The van der Waals surface area contributed by atoms with Crippen molar-refractivity contribution >= 4 is 0 Å². The second-order valence-electron chi connectivity index (χ2n) is 6.10. The van der Waals surface area contributed by atoms with E-state index >= 15 is 0 Å². The smallest absolute Gasteiger partial charge is 0.127 e. The molecule has 0 fully saturated rings. The lowest BCUT2D eigenvalue weighted by Gasteiger charge is -2.18. The number of nitrogens with zero attached hydrogens (tertiary/aromatic N) is 2. The first kappa shape index (κ1) is 13.8. The van der Waals surface area contributed by atoms with Gasteiger partial charge < -0.3 is 0 Å². The highest BCUT2D eigenvalue weighted by Gasteiger charge is 2.15. The Balaban J connectivity index is 2.28. The summed E-state index contributed by atoms with van der Waals surface area (Å²) in [7, 11) is 0. The molecule has 2 nitrogen and oxygen atoms in total. The van der Waals surface area contributed by atoms with E-state index in [-0.39, 0.29) is 11.2 Å². The molecule has 19 heavy (non-hydrogen) atoms. The monoisotopic (exact) mass is 260 g/mol. The van der Waals surface area contributed by atoms with Crippen molar-refractivity contribution in [3.63, 3.8) is 0 Å². The molecule has 2 aromatic rings. The Morgan fingerprint density at radius 3 is 2.47 bits per heavy atom. The molecule has 0 bridgehead atoms. The number of hydrogen-bond donors (Lipinski definition) is 0. The Hall–Kier alpha value is -1.64. The highest BCUT2D eigenvalue weighted by molar-refractivity contribution is 5.59. The molecular weight excluding hydrogens is 239 g/mol. The van der Waals surface area contributed by atoms with Gasteiger partial charge in [0, 0.05) is 18.3 Å². The van der Waals surface area contributed by atoms with Crippen molar-refractivity contribution in [2.75, 3.05) is 0 Å². The van der Waals surface area contributed by atoms with Crippen LogP contribution in [0.15, 0.2) is 30.5 Å². The van der Waals surface area contributed by atoms with Gasteiger partial charge in [0.05, 0.1) is 5.69 Å². The fourth-order valence-corrected chi connectivity index (χ4v) is 2.11. The van der Waals surface area contributed by atoms with Gasteiger partial charge in [0.25, 0.3) is 0 Å². The van der Waals surface area contributed by atoms with Crippen molar-refractivity contribution in [2.45, 2.75) is 40.7 Å². The topological polar surface area (TPSA) is 17.8 Å². The lowest BCUT2D eigenvalue weighted by molar-refractivity contribution is 0.402. The average molecular weight is 260 g/mol. The van der Waals surface area contributed by atoms with E-state index in [4.69, 9.17) is 0 Å². The molecule has 0 N–H and O–H groups in total. The first-order chi connectivity index (χ1) is 8.89. The van der Waals surface area contributed by atoms with Crippen molar-refractivity contribution in [3.05, 3.63) is 41.8 Å². The largest absolute Gasteiger partial charge is 0.272 e. The Bertz CT molecular complexity index is 564. The summed E-state index contributed by atoms with van der Waals surface area (Å²) in [6.07, 6.45) is 2.65. The zero-order valence-electron chi connectivity index (χ0n) is 12.1. The fraction of sp³-hybridized carbons (Fsp3) is 0.438. The van der Waals surface area contributed by atoms with Crippen LogP contribution in [0.5, 0.6) is 0 Å². The molecule has 0 radical (unpaired) electrons. The van der Waals surface area contributed by atoms with Crippen LogP contribution in [0.3, 0.4) is 0 Å². The van der Waals surface area contributed by atoms with E-state index in [9.17, 15) is 4.39 Å². The van der Waals surface area contributed by atoms with Gasteiger partial charge in [-0.15, -0.1) is 0 Å². The minimum Gasteiger partial charge on any atom is -0.272 e. The maximum Gasteiger partial charge on any atom is 0.127 e. The predicted octanol–water partition coefficient (Wildman–Crippen LogP) is 4.30. The van der Waals surface area contributed by atoms with Crippen LogP contribution in [0.1, 0.15) is 33.3 Å². The number of aryl methyl sites for hydroxylation is 1. The summed E-state index contributed by atoms with van der Waals surface area (Å²) < 4.78 is 16.0. The van der Waals surface area contributed by atoms with E-state index in [2.05, 4.69) is 25.9 Å². The fourth-order valence-electron chi connectivity index (χ4n) is 2.11. The zero-order chi connectivity index (χ0) is 14.0. The van der Waals surface area contributed by atoms with E-state index in [0.29, 0.717) is 0 Å². The Morgan fingerprint density at radius 2 is 1.95 bits per heavy atom. The first-order valence-electron chi connectivity index (χ1n) is 6.71. The molecule has 1 aromatic carbocycles. The summed E-state index contributed by atoms with van der Waals surface area (Å²) in [6.45, 7) is 9.20. The SMILES string of the molecule is CCn1ccc(-c2ccc(CC(C)(C)C)c(F)c2)n1. The molecule has 102 valence electrons. The molecule has 0 atom stereocenters. The van der Waals surface area contributed by atoms with Crippen LogP contribution < -0.4 is 0 Å². The van der Waals surface area contributed by atoms with Crippen molar-refractivity contribution in [3.8, 4) is 11.3 Å². The standard InChI is InChI=1S/C16H21FN2/c1-5-19-9-8-15(18-19)12-6-7-13(14(17)10-12)11-16(2,3)4/h6-10H,5,11H2,1-4H3. The van der Waals surface area contributed by atoms with E-state index in [1.165, 1.54) is 0 Å². The molecule has 0 amide bonds. The molecule has 1 aromatic heterocycles. The molecule has 1 heterocycles. The molecule has 0 aliphatic carbocycles. The number of halogens is 1. The normalized spacial score (nSPS) is 11.8. The molecule has 0 saturated carbocycles. The van der Waals surface area contributed by atoms with Crippen LogP contribution in [0.2, 0.25) is 0 Å². The molecule has 0 aliphatic heterocycles. The number of aromatic nitrogens is 2. The second-order valence-corrected chi connectivity index (χ2v) is 6.10. The van der Waals surface area contributed by atoms with Crippen molar-refractivity contribution < 1.29 is 4.39 Å². The van der Waals surface area contributed by atoms with Crippen molar-refractivity contribution in [1.29, 1.82) is 0 Å². The summed E-state index contributed by atoms with van der Waals surface area (Å²) in [4.78, 5) is 0. The van der Waals surface area contributed by atoms with Crippen molar-refractivity contribution in [2.24, 2.45) is 5.41 Å². The lowest BCUT2D eigenvalue weighted by Crippen LogP contribution is -2.10. The summed E-state index contributed by atoms with van der Waals surface area (Å²) >= 11 is 0. The second kappa shape index (κ2) is 5.16. The third-order valence-electron chi connectivity index (χ3n) is 3.03. The molecule has 0 spiro atoms. The maximum atomic E-state index is 14.1. The van der Waals surface area contributed by atoms with Crippen LogP contribution in [0, 0.1) is 11.2 Å². The Morgan fingerprint density at radius 1 is 1.21 bits per heavy atom. The molecule has 0 unspecified atom stereocenters. The van der Waals surface area contributed by atoms with Crippen LogP contribution in [0.4, 0.5) is 4.39 Å². The summed E-state index contributed by atoms with van der Waals surface area (Å²) in [5.41, 5.74) is 2.52. The Kier molecular flexibility index (Phi) is 3.74. The molecule has 3 heteroatoms. The van der Waals surface area contributed by atoms with Crippen LogP contribution in [-0.2, 0) is 13.0 Å². The van der Waals surface area contributed by atoms with E-state index in [1.54, 1.807) is 6.07 Å². The van der Waals surface area contributed by atoms with Gasteiger partial charge in [0.15, 0.2) is 0 Å². The van der Waals surface area contributed by atoms with Gasteiger partial charge in [-0.1, -0.05) is 32.9 Å². The van der Waals surface area contributed by atoms with Gasteiger partial charge in [0.2, 0.25) is 0 Å². The van der Waals surface area contributed by atoms with Crippen LogP contribution in [0.25, 0.3) is 11.3 Å². The maximum absolute atomic E-state index is 14.1. The Labute approximate surface area is 114 Å². The number of benzene rings is 1. The minimum atomic E-state index is -0.140. The lowest BCUT2D eigenvalue weighted by atomic mass is 9.87. The van der Waals surface area contributed by atoms with Gasteiger partial charge >= 0.3 is 0 Å². The van der Waals surface area contributed by atoms with Crippen LogP contribution in [-0.4, -0.2) is 9.78 Å². The zero-order valence-corrected chi connectivity index (χ0v) is 12.1. The molecule has 0 saturated heterocycles. The highest BCUT2D eigenvalue weighted by Crippen LogP contribution is 2.25.